The number of piperidine rings is 1. The maximum atomic E-state index is 5.79. The Morgan fingerprint density at radius 3 is 2.48 bits per heavy atom. The number of rotatable bonds is 9. The van der Waals surface area contributed by atoms with E-state index in [2.05, 4.69) is 67.5 Å². The first-order valence-electron chi connectivity index (χ1n) is 12.5. The van der Waals surface area contributed by atoms with Crippen molar-refractivity contribution in [3.05, 3.63) is 29.8 Å². The molecule has 0 saturated carbocycles. The number of guanidine groups is 1. The lowest BCUT2D eigenvalue weighted by Gasteiger charge is -2.35. The minimum absolute atomic E-state index is 0. The minimum Gasteiger partial charge on any atom is -0.381 e. The van der Waals surface area contributed by atoms with E-state index in [4.69, 9.17) is 14.5 Å². The molecule has 188 valence electrons. The zero-order chi connectivity index (χ0) is 22.8. The SMILES string of the molecule is CCNC(=NCCCOCC1CCOC1)NC1CCN(c2ccc(C(C)(C)C)cc2)CC1.I. The van der Waals surface area contributed by atoms with E-state index in [1.807, 2.05) is 0 Å². The van der Waals surface area contributed by atoms with Crippen LogP contribution in [0.25, 0.3) is 0 Å². The lowest BCUT2D eigenvalue weighted by molar-refractivity contribution is 0.0893. The molecule has 0 bridgehead atoms. The lowest BCUT2D eigenvalue weighted by Crippen LogP contribution is -2.48. The third-order valence-electron chi connectivity index (χ3n) is 6.37. The van der Waals surface area contributed by atoms with E-state index >= 15 is 0 Å². The molecule has 0 radical (unpaired) electrons. The highest BCUT2D eigenvalue weighted by molar-refractivity contribution is 14.0. The second kappa shape index (κ2) is 14.4. The fraction of sp³-hybridized carbons (Fsp3) is 0.731. The summed E-state index contributed by atoms with van der Waals surface area (Å²) in [4.78, 5) is 7.26. The molecular weight excluding hydrogens is 527 g/mol. The summed E-state index contributed by atoms with van der Waals surface area (Å²) >= 11 is 0. The number of anilines is 1. The third kappa shape index (κ3) is 9.61. The summed E-state index contributed by atoms with van der Waals surface area (Å²) in [6.07, 6.45) is 4.33. The van der Waals surface area contributed by atoms with E-state index in [9.17, 15) is 0 Å². The van der Waals surface area contributed by atoms with Crippen molar-refractivity contribution in [2.45, 2.75) is 64.8 Å². The lowest BCUT2D eigenvalue weighted by atomic mass is 9.87. The molecule has 2 aliphatic rings. The fourth-order valence-electron chi connectivity index (χ4n) is 4.29. The molecule has 1 aromatic rings. The molecule has 2 fully saturated rings. The van der Waals surface area contributed by atoms with Crippen LogP contribution in [0.5, 0.6) is 0 Å². The van der Waals surface area contributed by atoms with Gasteiger partial charge in [0.15, 0.2) is 5.96 Å². The quantitative estimate of drug-likeness (QED) is 0.197. The largest absolute Gasteiger partial charge is 0.381 e. The van der Waals surface area contributed by atoms with Gasteiger partial charge in [-0.15, -0.1) is 24.0 Å². The molecule has 2 heterocycles. The van der Waals surface area contributed by atoms with Crippen LogP contribution in [0.15, 0.2) is 29.3 Å². The van der Waals surface area contributed by atoms with Crippen LogP contribution in [0, 0.1) is 5.92 Å². The smallest absolute Gasteiger partial charge is 0.191 e. The van der Waals surface area contributed by atoms with Crippen LogP contribution in [0.3, 0.4) is 0 Å². The van der Waals surface area contributed by atoms with Gasteiger partial charge in [-0.05, 0) is 55.7 Å². The van der Waals surface area contributed by atoms with Gasteiger partial charge in [-0.1, -0.05) is 32.9 Å². The van der Waals surface area contributed by atoms with Crippen LogP contribution in [0.4, 0.5) is 5.69 Å². The fourth-order valence-corrected chi connectivity index (χ4v) is 4.29. The average Bonchev–Trinajstić information content (AvgIpc) is 3.30. The van der Waals surface area contributed by atoms with Gasteiger partial charge in [-0.2, -0.15) is 0 Å². The molecule has 2 aliphatic heterocycles. The summed E-state index contributed by atoms with van der Waals surface area (Å²) in [5, 5.41) is 7.05. The monoisotopic (exact) mass is 572 g/mol. The Hall–Kier alpha value is -1.06. The second-order valence-corrected chi connectivity index (χ2v) is 10.1. The van der Waals surface area contributed by atoms with Crippen molar-refractivity contribution in [1.82, 2.24) is 10.6 Å². The number of aliphatic imine (C=N–C) groups is 1. The van der Waals surface area contributed by atoms with Gasteiger partial charge in [0.1, 0.15) is 0 Å². The van der Waals surface area contributed by atoms with Gasteiger partial charge in [0, 0.05) is 57.0 Å². The zero-order valence-electron chi connectivity index (χ0n) is 21.1. The van der Waals surface area contributed by atoms with Gasteiger partial charge in [0.2, 0.25) is 0 Å². The normalized spacial score (nSPS) is 19.9. The first-order chi connectivity index (χ1) is 15.5. The number of hydrogen-bond acceptors (Lipinski definition) is 4. The number of nitrogens with zero attached hydrogens (tertiary/aromatic N) is 2. The number of benzene rings is 1. The van der Waals surface area contributed by atoms with Crippen LogP contribution in [-0.4, -0.2) is 64.6 Å². The van der Waals surface area contributed by atoms with Gasteiger partial charge < -0.3 is 25.0 Å². The van der Waals surface area contributed by atoms with Crippen molar-refractivity contribution in [1.29, 1.82) is 0 Å². The van der Waals surface area contributed by atoms with Crippen molar-refractivity contribution in [2.24, 2.45) is 10.9 Å². The molecule has 0 amide bonds. The maximum Gasteiger partial charge on any atom is 0.191 e. The molecule has 6 nitrogen and oxygen atoms in total. The average molecular weight is 573 g/mol. The number of nitrogens with one attached hydrogen (secondary N) is 2. The minimum atomic E-state index is 0. The van der Waals surface area contributed by atoms with Gasteiger partial charge in [-0.3, -0.25) is 4.99 Å². The van der Waals surface area contributed by atoms with E-state index in [0.29, 0.717) is 12.0 Å². The Kier molecular flexibility index (Phi) is 12.3. The van der Waals surface area contributed by atoms with Gasteiger partial charge in [0.25, 0.3) is 0 Å². The summed E-state index contributed by atoms with van der Waals surface area (Å²) in [7, 11) is 0. The molecule has 1 atom stereocenters. The van der Waals surface area contributed by atoms with Crippen molar-refractivity contribution in [3.63, 3.8) is 0 Å². The summed E-state index contributed by atoms with van der Waals surface area (Å²) in [5.41, 5.74) is 2.93. The van der Waals surface area contributed by atoms with Crippen molar-refractivity contribution in [3.8, 4) is 0 Å². The second-order valence-electron chi connectivity index (χ2n) is 10.1. The Morgan fingerprint density at radius 2 is 1.88 bits per heavy atom. The maximum absolute atomic E-state index is 5.79. The predicted octanol–water partition coefficient (Wildman–Crippen LogP) is 4.57. The summed E-state index contributed by atoms with van der Waals surface area (Å²) in [6, 6.07) is 9.59. The van der Waals surface area contributed by atoms with Crippen molar-refractivity contribution >= 4 is 35.6 Å². The Bertz CT molecular complexity index is 691. The van der Waals surface area contributed by atoms with Crippen LogP contribution in [-0.2, 0) is 14.9 Å². The number of hydrogen-bond donors (Lipinski definition) is 2. The Labute approximate surface area is 218 Å². The van der Waals surface area contributed by atoms with Crippen LogP contribution in [0.1, 0.15) is 58.9 Å². The van der Waals surface area contributed by atoms with E-state index in [-0.39, 0.29) is 29.4 Å². The van der Waals surface area contributed by atoms with Gasteiger partial charge in [0.05, 0.1) is 13.2 Å². The topological polar surface area (TPSA) is 58.1 Å². The molecule has 0 aromatic heterocycles. The summed E-state index contributed by atoms with van der Waals surface area (Å²) in [6.45, 7) is 16.1. The van der Waals surface area contributed by atoms with Crippen LogP contribution in [0.2, 0.25) is 0 Å². The van der Waals surface area contributed by atoms with Gasteiger partial charge >= 0.3 is 0 Å². The molecule has 33 heavy (non-hydrogen) atoms. The highest BCUT2D eigenvalue weighted by Crippen LogP contribution is 2.26. The third-order valence-corrected chi connectivity index (χ3v) is 6.37. The van der Waals surface area contributed by atoms with Crippen LogP contribution < -0.4 is 15.5 Å². The Morgan fingerprint density at radius 1 is 1.15 bits per heavy atom. The first-order valence-corrected chi connectivity index (χ1v) is 12.5. The van der Waals surface area contributed by atoms with Crippen molar-refractivity contribution in [2.75, 3.05) is 57.5 Å². The highest BCUT2D eigenvalue weighted by atomic mass is 127. The predicted molar refractivity (Wildman–Crippen MR) is 149 cm³/mol. The molecular formula is C26H45IN4O2. The van der Waals surface area contributed by atoms with E-state index in [1.165, 1.54) is 11.3 Å². The van der Waals surface area contributed by atoms with E-state index in [1.54, 1.807) is 0 Å². The summed E-state index contributed by atoms with van der Waals surface area (Å²) < 4.78 is 11.2. The molecule has 0 aliphatic carbocycles. The molecule has 1 aromatic carbocycles. The molecule has 2 saturated heterocycles. The van der Waals surface area contributed by atoms with E-state index < -0.39 is 0 Å². The molecule has 3 rings (SSSR count). The zero-order valence-corrected chi connectivity index (χ0v) is 23.4. The van der Waals surface area contributed by atoms with Crippen LogP contribution >= 0.6 is 24.0 Å². The molecule has 2 N–H and O–H groups in total. The number of ether oxygens (including phenoxy) is 2. The first kappa shape index (κ1) is 28.2. The van der Waals surface area contributed by atoms with Gasteiger partial charge in [-0.25, -0.2) is 0 Å². The Balaban J connectivity index is 0.00000385. The van der Waals surface area contributed by atoms with E-state index in [0.717, 1.165) is 84.2 Å². The summed E-state index contributed by atoms with van der Waals surface area (Å²) in [5.74, 6) is 1.52. The molecule has 7 heteroatoms. The van der Waals surface area contributed by atoms with Crippen molar-refractivity contribution < 1.29 is 9.47 Å². The molecule has 1 unspecified atom stereocenters. The number of halogens is 1. The molecule has 0 spiro atoms. The standard InChI is InChI=1S/C26H44N4O2.HI/c1-5-27-25(28-14-6-17-31-19-21-13-18-32-20-21)29-23-11-15-30(16-12-23)24-9-7-22(8-10-24)26(2,3)4;/h7-10,21,23H,5-6,11-20H2,1-4H3,(H2,27,28,29);1H. The highest BCUT2D eigenvalue weighted by Gasteiger charge is 2.21.